The number of hydrazone groups is 1. The van der Waals surface area contributed by atoms with Crippen LogP contribution < -0.4 is 10.7 Å². The fraction of sp³-hybridized carbons (Fsp3) is 0.211. The Labute approximate surface area is 151 Å². The van der Waals surface area contributed by atoms with Gasteiger partial charge in [-0.15, -0.1) is 11.8 Å². The van der Waals surface area contributed by atoms with Crippen LogP contribution in [-0.2, 0) is 9.59 Å². The summed E-state index contributed by atoms with van der Waals surface area (Å²) in [6.45, 7) is 5.11. The molecule has 130 valence electrons. The number of nitrogens with zero attached hydrogens (tertiary/aromatic N) is 1. The van der Waals surface area contributed by atoms with Crippen LogP contribution in [0.15, 0.2) is 64.6 Å². The van der Waals surface area contributed by atoms with Crippen molar-refractivity contribution in [1.82, 2.24) is 5.43 Å². The Morgan fingerprint density at radius 3 is 2.44 bits per heavy atom. The van der Waals surface area contributed by atoms with Gasteiger partial charge in [-0.05, 0) is 43.7 Å². The molecule has 0 unspecified atom stereocenters. The van der Waals surface area contributed by atoms with Gasteiger partial charge in [-0.1, -0.05) is 30.3 Å². The zero-order chi connectivity index (χ0) is 18.2. The zero-order valence-corrected chi connectivity index (χ0v) is 15.3. The number of thioether (sulfide) groups is 1. The molecule has 0 spiro atoms. The summed E-state index contributed by atoms with van der Waals surface area (Å²) in [5.74, 6) is -0.293. The van der Waals surface area contributed by atoms with Gasteiger partial charge in [0.05, 0.1) is 11.0 Å². The average Bonchev–Trinajstić information content (AvgIpc) is 2.59. The van der Waals surface area contributed by atoms with Gasteiger partial charge >= 0.3 is 0 Å². The second kappa shape index (κ2) is 9.03. The lowest BCUT2D eigenvalue weighted by Crippen LogP contribution is -2.27. The number of hydrogen-bond donors (Lipinski definition) is 2. The Kier molecular flexibility index (Phi) is 6.77. The summed E-state index contributed by atoms with van der Waals surface area (Å²) in [5.41, 5.74) is 4.79. The molecule has 2 aromatic rings. The lowest BCUT2D eigenvalue weighted by atomic mass is 10.1. The highest BCUT2D eigenvalue weighted by Gasteiger charge is 2.13. The fourth-order valence-electron chi connectivity index (χ4n) is 2.08. The van der Waals surface area contributed by atoms with E-state index in [1.165, 1.54) is 18.7 Å². The Balaban J connectivity index is 1.98. The average molecular weight is 355 g/mol. The molecule has 25 heavy (non-hydrogen) atoms. The quantitative estimate of drug-likeness (QED) is 0.472. The highest BCUT2D eigenvalue weighted by Crippen LogP contribution is 2.22. The first kappa shape index (κ1) is 18.7. The maximum atomic E-state index is 12.2. The van der Waals surface area contributed by atoms with E-state index in [-0.39, 0.29) is 17.1 Å². The van der Waals surface area contributed by atoms with Gasteiger partial charge in [0.25, 0.3) is 5.91 Å². The molecule has 0 saturated heterocycles. The van der Waals surface area contributed by atoms with Crippen molar-refractivity contribution < 1.29 is 9.59 Å². The van der Waals surface area contributed by atoms with Crippen molar-refractivity contribution in [3.05, 3.63) is 60.2 Å². The fourth-order valence-corrected chi connectivity index (χ4v) is 2.96. The molecule has 2 aromatic carbocycles. The maximum Gasteiger partial charge on any atom is 0.253 e. The Morgan fingerprint density at radius 2 is 1.76 bits per heavy atom. The molecule has 0 aliphatic rings. The van der Waals surface area contributed by atoms with Crippen LogP contribution in [0.4, 0.5) is 5.69 Å². The molecule has 0 fully saturated rings. The van der Waals surface area contributed by atoms with Crippen LogP contribution in [0.5, 0.6) is 0 Å². The topological polar surface area (TPSA) is 70.6 Å². The summed E-state index contributed by atoms with van der Waals surface area (Å²) in [5, 5.41) is 6.63. The van der Waals surface area contributed by atoms with Gasteiger partial charge < -0.3 is 5.32 Å². The van der Waals surface area contributed by atoms with Crippen molar-refractivity contribution >= 4 is 35.0 Å². The van der Waals surface area contributed by atoms with Gasteiger partial charge in [0.15, 0.2) is 0 Å². The minimum Gasteiger partial charge on any atom is -0.326 e. The maximum absolute atomic E-state index is 12.2. The molecule has 2 rings (SSSR count). The molecule has 0 bridgehead atoms. The largest absolute Gasteiger partial charge is 0.326 e. The number of carbonyl (C=O) groups is 2. The molecular weight excluding hydrogens is 334 g/mol. The standard InChI is InChI=1S/C19H21N3O2S/c1-13(16-8-7-9-17(12-16)20-15(3)23)21-22-19(24)14(2)25-18-10-5-4-6-11-18/h4-12,14H,1-3H3,(H,20,23)(H,22,24)/b21-13-/t14-/m0/s1. The molecule has 0 saturated carbocycles. The van der Waals surface area contributed by atoms with Crippen LogP contribution >= 0.6 is 11.8 Å². The van der Waals surface area contributed by atoms with Crippen molar-refractivity contribution in [2.45, 2.75) is 30.9 Å². The van der Waals surface area contributed by atoms with Crippen LogP contribution in [0.3, 0.4) is 0 Å². The molecule has 0 heterocycles. The molecule has 6 heteroatoms. The summed E-state index contributed by atoms with van der Waals surface area (Å²) in [7, 11) is 0. The van der Waals surface area contributed by atoms with Crippen LogP contribution in [0, 0.1) is 0 Å². The van der Waals surface area contributed by atoms with Crippen molar-refractivity contribution in [3.63, 3.8) is 0 Å². The van der Waals surface area contributed by atoms with E-state index in [2.05, 4.69) is 15.8 Å². The Hall–Kier alpha value is -2.60. The highest BCUT2D eigenvalue weighted by atomic mass is 32.2. The van der Waals surface area contributed by atoms with Gasteiger partial charge in [0.1, 0.15) is 0 Å². The number of hydrogen-bond acceptors (Lipinski definition) is 4. The predicted molar refractivity (Wildman–Crippen MR) is 103 cm³/mol. The third-order valence-corrected chi connectivity index (χ3v) is 4.47. The van der Waals surface area contributed by atoms with E-state index in [1.807, 2.05) is 62.4 Å². The van der Waals surface area contributed by atoms with Gasteiger partial charge in [-0.3, -0.25) is 9.59 Å². The van der Waals surface area contributed by atoms with Gasteiger partial charge in [-0.2, -0.15) is 5.10 Å². The molecule has 0 aliphatic heterocycles. The van der Waals surface area contributed by atoms with Gasteiger partial charge in [0, 0.05) is 17.5 Å². The van der Waals surface area contributed by atoms with Crippen molar-refractivity contribution in [1.29, 1.82) is 0 Å². The number of amides is 2. The molecule has 0 aromatic heterocycles. The molecule has 2 N–H and O–H groups in total. The number of benzene rings is 2. The van der Waals surface area contributed by atoms with Crippen LogP contribution in [0.1, 0.15) is 26.3 Å². The normalized spacial score (nSPS) is 12.4. The first-order valence-corrected chi connectivity index (χ1v) is 8.77. The SMILES string of the molecule is CC(=O)Nc1cccc(/C(C)=N\NC(=O)[C@H](C)Sc2ccccc2)c1. The molecule has 0 aliphatic carbocycles. The molecule has 2 amide bonds. The monoisotopic (exact) mass is 355 g/mol. The molecule has 1 atom stereocenters. The third-order valence-electron chi connectivity index (χ3n) is 3.36. The lowest BCUT2D eigenvalue weighted by molar-refractivity contribution is -0.120. The Bertz CT molecular complexity index is 775. The molecule has 0 radical (unpaired) electrons. The van der Waals surface area contributed by atoms with E-state index in [9.17, 15) is 9.59 Å². The minimum atomic E-state index is -0.260. The van der Waals surface area contributed by atoms with Crippen molar-refractivity contribution in [2.24, 2.45) is 5.10 Å². The zero-order valence-electron chi connectivity index (χ0n) is 14.4. The molecular formula is C19H21N3O2S. The van der Waals surface area contributed by atoms with Crippen LogP contribution in [0.25, 0.3) is 0 Å². The highest BCUT2D eigenvalue weighted by molar-refractivity contribution is 8.00. The summed E-state index contributed by atoms with van der Waals surface area (Å²) in [6.07, 6.45) is 0. The summed E-state index contributed by atoms with van der Waals surface area (Å²) < 4.78 is 0. The second-order valence-corrected chi connectivity index (χ2v) is 6.92. The second-order valence-electron chi connectivity index (χ2n) is 5.51. The van der Waals surface area contributed by atoms with E-state index < -0.39 is 0 Å². The minimum absolute atomic E-state index is 0.133. The van der Waals surface area contributed by atoms with Crippen LogP contribution in [-0.4, -0.2) is 22.8 Å². The summed E-state index contributed by atoms with van der Waals surface area (Å²) >= 11 is 1.48. The number of carbonyl (C=O) groups excluding carboxylic acids is 2. The van der Waals surface area contributed by atoms with E-state index in [1.54, 1.807) is 6.07 Å². The van der Waals surface area contributed by atoms with Gasteiger partial charge in [-0.25, -0.2) is 5.43 Å². The third kappa shape index (κ3) is 6.08. The van der Waals surface area contributed by atoms with Gasteiger partial charge in [0.2, 0.25) is 5.91 Å². The predicted octanol–water partition coefficient (Wildman–Crippen LogP) is 3.67. The number of rotatable bonds is 6. The van der Waals surface area contributed by atoms with Crippen molar-refractivity contribution in [3.8, 4) is 0 Å². The van der Waals surface area contributed by atoms with E-state index >= 15 is 0 Å². The van der Waals surface area contributed by atoms with Crippen molar-refractivity contribution in [2.75, 3.05) is 5.32 Å². The summed E-state index contributed by atoms with van der Waals surface area (Å²) in [6, 6.07) is 17.1. The smallest absolute Gasteiger partial charge is 0.253 e. The Morgan fingerprint density at radius 1 is 1.04 bits per heavy atom. The number of anilines is 1. The lowest BCUT2D eigenvalue weighted by Gasteiger charge is -2.10. The van der Waals surface area contributed by atoms with E-state index in [4.69, 9.17) is 0 Å². The first-order valence-electron chi connectivity index (χ1n) is 7.89. The molecule has 5 nitrogen and oxygen atoms in total. The summed E-state index contributed by atoms with van der Waals surface area (Å²) in [4.78, 5) is 24.4. The van der Waals surface area contributed by atoms with E-state index in [0.717, 1.165) is 10.5 Å². The number of nitrogens with one attached hydrogen (secondary N) is 2. The van der Waals surface area contributed by atoms with E-state index in [0.29, 0.717) is 11.4 Å². The first-order chi connectivity index (χ1) is 12.0. The van der Waals surface area contributed by atoms with Crippen LogP contribution in [0.2, 0.25) is 0 Å².